The fourth-order valence-electron chi connectivity index (χ4n) is 5.37. The van der Waals surface area contributed by atoms with Crippen molar-refractivity contribution in [2.45, 2.75) is 116 Å². The van der Waals surface area contributed by atoms with Gasteiger partial charge in [-0.1, -0.05) is 140 Å². The third-order valence-corrected chi connectivity index (χ3v) is 8.92. The lowest BCUT2D eigenvalue weighted by Gasteiger charge is -2.12. The molecule has 0 saturated carbocycles. The molecular formula is C53H74N6. The zero-order valence-corrected chi connectivity index (χ0v) is 38.9. The topological polar surface area (TPSA) is 89.4 Å². The van der Waals surface area contributed by atoms with Crippen LogP contribution < -0.4 is 5.73 Å². The predicted octanol–water partition coefficient (Wildman–Crippen LogP) is 14.9. The Morgan fingerprint density at radius 1 is 0.797 bits per heavy atom. The minimum absolute atomic E-state index is 0.190. The fourth-order valence-corrected chi connectivity index (χ4v) is 5.37. The van der Waals surface area contributed by atoms with Crippen molar-refractivity contribution in [3.63, 3.8) is 0 Å². The maximum Gasteiger partial charge on any atom is 0.0858 e. The minimum Gasteiger partial charge on any atom is -0.397 e. The Kier molecular flexibility index (Phi) is 28.2. The first kappa shape index (κ1) is 53.2. The van der Waals surface area contributed by atoms with Crippen LogP contribution in [-0.2, 0) is 6.42 Å². The van der Waals surface area contributed by atoms with Gasteiger partial charge in [0.25, 0.3) is 0 Å². The van der Waals surface area contributed by atoms with Gasteiger partial charge in [0.05, 0.1) is 39.8 Å². The number of allylic oxidation sites excluding steroid dienone is 8. The summed E-state index contributed by atoms with van der Waals surface area (Å²) in [6, 6.07) is 14.1. The Bertz CT molecular complexity index is 2030. The van der Waals surface area contributed by atoms with Crippen LogP contribution in [0.1, 0.15) is 124 Å². The number of aromatic nitrogens is 3. The molecule has 0 aliphatic rings. The van der Waals surface area contributed by atoms with Gasteiger partial charge in [0, 0.05) is 35.2 Å². The van der Waals surface area contributed by atoms with Crippen LogP contribution >= 0.6 is 0 Å². The maximum atomic E-state index is 6.10. The summed E-state index contributed by atoms with van der Waals surface area (Å²) >= 11 is 0. The molecule has 6 heteroatoms. The van der Waals surface area contributed by atoms with Crippen LogP contribution in [-0.4, -0.2) is 27.4 Å². The van der Waals surface area contributed by atoms with Crippen molar-refractivity contribution < 1.29 is 0 Å². The summed E-state index contributed by atoms with van der Waals surface area (Å²) in [7, 11) is 0. The summed E-state index contributed by atoms with van der Waals surface area (Å²) in [6.07, 6.45) is 27.0. The minimum atomic E-state index is 0.190. The number of nitrogens with two attached hydrogens (primary N) is 1. The highest BCUT2D eigenvalue weighted by atomic mass is 14.8. The van der Waals surface area contributed by atoms with Crippen molar-refractivity contribution in [1.82, 2.24) is 15.0 Å². The van der Waals surface area contributed by atoms with Crippen molar-refractivity contribution in [3.05, 3.63) is 166 Å². The lowest BCUT2D eigenvalue weighted by Crippen LogP contribution is -2.04. The van der Waals surface area contributed by atoms with E-state index >= 15 is 0 Å². The molecule has 2 aromatic heterocycles. The standard InChI is InChI=1S/C26H31N3.C13H15N.C10H16N2.2C2H6/c1-6-7-8-13-23-20(3)16-17-21(4)26(23)29-22(5)19(2)12-11-14-24(27)25-15-9-10-18-28-25;1-5-6-7-12-10(2)8-9-11(3)13(12)14-4;1-4-5-6-10-9(3)11-7-8(2)12-10;2*1-2/h6-19H,27H2,1-5H3;5-9H,1,4H2,2-3H3;7H,4-6H2,1-3H3;2*1-2H3/b7-6?,12-11-,13-8-,24-14-,29-22?;7-6-;;;. The molecule has 2 N–H and O–H groups in total. The fraction of sp³-hybridized carbons (Fsp3) is 0.340. The van der Waals surface area contributed by atoms with E-state index in [9.17, 15) is 0 Å². The van der Waals surface area contributed by atoms with E-state index in [-0.39, 0.29) is 5.92 Å². The molecule has 0 radical (unpaired) electrons. The monoisotopic (exact) mass is 795 g/mol. The van der Waals surface area contributed by atoms with Gasteiger partial charge in [-0.15, -0.1) is 0 Å². The largest absolute Gasteiger partial charge is 0.397 e. The van der Waals surface area contributed by atoms with E-state index in [0.717, 1.165) is 63.0 Å². The number of aryl methyl sites for hydroxylation is 7. The van der Waals surface area contributed by atoms with Crippen molar-refractivity contribution in [3.8, 4) is 0 Å². The Hall–Kier alpha value is -5.75. The number of benzene rings is 2. The van der Waals surface area contributed by atoms with Gasteiger partial charge >= 0.3 is 0 Å². The smallest absolute Gasteiger partial charge is 0.0858 e. The summed E-state index contributed by atoms with van der Waals surface area (Å²) in [5.41, 5.74) is 20.9. The summed E-state index contributed by atoms with van der Waals surface area (Å²) in [4.78, 5) is 22.0. The number of unbranched alkanes of at least 4 members (excludes halogenated alkanes) is 1. The van der Waals surface area contributed by atoms with Gasteiger partial charge < -0.3 is 5.73 Å². The van der Waals surface area contributed by atoms with Crippen LogP contribution in [0.4, 0.5) is 11.4 Å². The first-order chi connectivity index (χ1) is 28.4. The van der Waals surface area contributed by atoms with Crippen LogP contribution in [0.25, 0.3) is 17.8 Å². The van der Waals surface area contributed by atoms with Gasteiger partial charge in [0.1, 0.15) is 0 Å². The molecule has 4 rings (SSSR count). The molecule has 316 valence electrons. The van der Waals surface area contributed by atoms with Gasteiger partial charge in [-0.05, 0) is 115 Å². The number of hydrogen-bond acceptors (Lipinski definition) is 6. The Labute approximate surface area is 359 Å². The zero-order chi connectivity index (χ0) is 44.8. The highest BCUT2D eigenvalue weighted by molar-refractivity contribution is 5.90. The number of nitrogens with zero attached hydrogens (tertiary/aromatic N) is 5. The second-order valence-corrected chi connectivity index (χ2v) is 13.5. The molecule has 0 amide bonds. The van der Waals surface area contributed by atoms with E-state index < -0.39 is 0 Å². The molecule has 6 nitrogen and oxygen atoms in total. The first-order valence-corrected chi connectivity index (χ1v) is 21.0. The van der Waals surface area contributed by atoms with E-state index in [2.05, 4.69) is 117 Å². The van der Waals surface area contributed by atoms with E-state index in [4.69, 9.17) is 10.7 Å². The highest BCUT2D eigenvalue weighted by Crippen LogP contribution is 2.30. The molecule has 1 unspecified atom stereocenters. The normalized spacial score (nSPS) is 11.8. The molecule has 0 saturated heterocycles. The van der Waals surface area contributed by atoms with Crippen molar-refractivity contribution in [1.29, 1.82) is 0 Å². The molecule has 1 atom stereocenters. The molecule has 2 aromatic carbocycles. The van der Waals surface area contributed by atoms with Gasteiger partial charge in [0.2, 0.25) is 0 Å². The third-order valence-electron chi connectivity index (χ3n) is 8.92. The Morgan fingerprint density at radius 3 is 1.95 bits per heavy atom. The molecule has 2 heterocycles. The predicted molar refractivity (Wildman–Crippen MR) is 264 cm³/mol. The lowest BCUT2D eigenvalue weighted by atomic mass is 10.0. The highest BCUT2D eigenvalue weighted by Gasteiger charge is 2.09. The van der Waals surface area contributed by atoms with Crippen molar-refractivity contribution in [2.75, 3.05) is 0 Å². The molecule has 0 aliphatic carbocycles. The lowest BCUT2D eigenvalue weighted by molar-refractivity contribution is 0.760. The molecular weight excluding hydrogens is 721 g/mol. The Balaban J connectivity index is 0.000000929. The van der Waals surface area contributed by atoms with Gasteiger partial charge in [0.15, 0.2) is 0 Å². The van der Waals surface area contributed by atoms with E-state index in [1.807, 2.05) is 116 Å². The van der Waals surface area contributed by atoms with Crippen LogP contribution in [0.5, 0.6) is 0 Å². The number of aliphatic imine (C=N–C) groups is 2. The van der Waals surface area contributed by atoms with Crippen molar-refractivity contribution >= 4 is 41.7 Å². The summed E-state index contributed by atoms with van der Waals surface area (Å²) in [5.74, 6) is 0.190. The first-order valence-electron chi connectivity index (χ1n) is 21.0. The second-order valence-electron chi connectivity index (χ2n) is 13.5. The SMILES string of the molecule is C=C/C=C\c1c(C)ccc(C)c1N=C.CC.CC.CC=C/C=C\c1c(C)ccc(C)c1N=C(C)C(C)/C=C\C=C(/N)c1ccccn1.CCCCc1nc(C)cnc1C. The van der Waals surface area contributed by atoms with E-state index in [0.29, 0.717) is 5.70 Å². The second kappa shape index (κ2) is 31.3. The molecule has 4 aromatic rings. The quantitative estimate of drug-likeness (QED) is 0.108. The molecule has 0 fully saturated rings. The van der Waals surface area contributed by atoms with E-state index in [1.165, 1.54) is 29.5 Å². The van der Waals surface area contributed by atoms with E-state index in [1.54, 1.807) is 12.3 Å². The van der Waals surface area contributed by atoms with Crippen molar-refractivity contribution in [2.24, 2.45) is 21.6 Å². The molecule has 0 spiro atoms. The summed E-state index contributed by atoms with van der Waals surface area (Å²) in [6.45, 7) is 36.0. The van der Waals surface area contributed by atoms with Crippen LogP contribution in [0.3, 0.4) is 0 Å². The number of rotatable bonds is 13. The average Bonchev–Trinajstić information content (AvgIpc) is 3.25. The van der Waals surface area contributed by atoms with Crippen LogP contribution in [0, 0.1) is 47.5 Å². The number of hydrogen-bond donors (Lipinski definition) is 1. The molecule has 0 aliphatic heterocycles. The molecule has 59 heavy (non-hydrogen) atoms. The Morgan fingerprint density at radius 2 is 1.39 bits per heavy atom. The van der Waals surface area contributed by atoms with Crippen LogP contribution in [0.2, 0.25) is 0 Å². The zero-order valence-electron chi connectivity index (χ0n) is 38.9. The number of pyridine rings is 1. The van der Waals surface area contributed by atoms with Crippen LogP contribution in [0.15, 0.2) is 120 Å². The summed E-state index contributed by atoms with van der Waals surface area (Å²) < 4.78 is 0. The van der Waals surface area contributed by atoms with Gasteiger partial charge in [-0.25, -0.2) is 0 Å². The summed E-state index contributed by atoms with van der Waals surface area (Å²) in [5, 5.41) is 0. The third kappa shape index (κ3) is 19.5. The van der Waals surface area contributed by atoms with Gasteiger partial charge in [-0.3, -0.25) is 24.9 Å². The molecule has 0 bridgehead atoms. The van der Waals surface area contributed by atoms with Gasteiger partial charge in [-0.2, -0.15) is 0 Å². The maximum absolute atomic E-state index is 6.10. The average molecular weight is 795 g/mol.